The molecule has 80 valence electrons. The summed E-state index contributed by atoms with van der Waals surface area (Å²) in [5, 5.41) is 0. The first kappa shape index (κ1) is 11.4. The van der Waals surface area contributed by atoms with Crippen LogP contribution in [-0.2, 0) is 16.1 Å². The third-order valence-corrected chi connectivity index (χ3v) is 1.78. The second-order valence-corrected chi connectivity index (χ2v) is 3.47. The number of allylic oxidation sites excluding steroid dienone is 1. The second kappa shape index (κ2) is 5.96. The van der Waals surface area contributed by atoms with E-state index in [4.69, 9.17) is 4.74 Å². The Balaban J connectivity index is 2.32. The molecule has 0 bridgehead atoms. The van der Waals surface area contributed by atoms with Gasteiger partial charge >= 0.3 is 5.97 Å². The van der Waals surface area contributed by atoms with E-state index in [-0.39, 0.29) is 12.6 Å². The summed E-state index contributed by atoms with van der Waals surface area (Å²) < 4.78 is 5.03. The van der Waals surface area contributed by atoms with Crippen LogP contribution in [0.25, 0.3) is 0 Å². The van der Waals surface area contributed by atoms with Gasteiger partial charge in [-0.3, -0.25) is 9.78 Å². The molecule has 0 unspecified atom stereocenters. The van der Waals surface area contributed by atoms with Gasteiger partial charge in [0, 0.05) is 6.20 Å². The molecule has 1 heterocycles. The van der Waals surface area contributed by atoms with E-state index >= 15 is 0 Å². The van der Waals surface area contributed by atoms with Crippen molar-refractivity contribution in [3.05, 3.63) is 41.7 Å². The Labute approximate surface area is 89.8 Å². The Hall–Kier alpha value is -1.64. The summed E-state index contributed by atoms with van der Waals surface area (Å²) in [6.45, 7) is 4.15. The van der Waals surface area contributed by atoms with Gasteiger partial charge in [-0.2, -0.15) is 0 Å². The van der Waals surface area contributed by atoms with Crippen molar-refractivity contribution in [1.82, 2.24) is 4.98 Å². The van der Waals surface area contributed by atoms with Gasteiger partial charge in [0.25, 0.3) is 0 Å². The molecule has 0 aliphatic carbocycles. The van der Waals surface area contributed by atoms with Crippen molar-refractivity contribution in [3.8, 4) is 0 Å². The number of hydrogen-bond acceptors (Lipinski definition) is 3. The summed E-state index contributed by atoms with van der Waals surface area (Å²) in [6, 6.07) is 5.52. The maximum atomic E-state index is 11.2. The lowest BCUT2D eigenvalue weighted by Gasteiger charge is -2.02. The summed E-state index contributed by atoms with van der Waals surface area (Å²) in [6.07, 6.45) is 3.86. The van der Waals surface area contributed by atoms with Gasteiger partial charge in [0.2, 0.25) is 0 Å². The van der Waals surface area contributed by atoms with Crippen LogP contribution in [-0.4, -0.2) is 11.0 Å². The third kappa shape index (κ3) is 4.96. The summed E-state index contributed by atoms with van der Waals surface area (Å²) in [5.41, 5.74) is 1.88. The van der Waals surface area contributed by atoms with Crippen LogP contribution >= 0.6 is 0 Å². The van der Waals surface area contributed by atoms with E-state index in [2.05, 4.69) is 4.98 Å². The standard InChI is InChI=1S/C12H15NO2/c1-10(2)6-7-12(14)15-9-11-5-3-4-8-13-11/h3-6,8H,7,9H2,1-2H3. The predicted octanol–water partition coefficient (Wildman–Crippen LogP) is 2.48. The molecule has 0 aliphatic rings. The SMILES string of the molecule is CC(C)=CCC(=O)OCc1ccccn1. The molecule has 0 aromatic carbocycles. The minimum Gasteiger partial charge on any atom is -0.459 e. The minimum absolute atomic E-state index is 0.221. The minimum atomic E-state index is -0.221. The van der Waals surface area contributed by atoms with Crippen LogP contribution in [0.1, 0.15) is 26.0 Å². The van der Waals surface area contributed by atoms with E-state index in [0.29, 0.717) is 6.42 Å². The molecule has 3 heteroatoms. The Morgan fingerprint density at radius 2 is 2.27 bits per heavy atom. The number of ether oxygens (including phenoxy) is 1. The summed E-state index contributed by atoms with van der Waals surface area (Å²) in [5.74, 6) is -0.221. The first-order chi connectivity index (χ1) is 7.18. The molecule has 1 aromatic heterocycles. The zero-order chi connectivity index (χ0) is 11.1. The van der Waals surface area contributed by atoms with Crippen LogP contribution in [0.15, 0.2) is 36.0 Å². The Bertz CT molecular complexity index is 340. The van der Waals surface area contributed by atoms with Crippen molar-refractivity contribution in [1.29, 1.82) is 0 Å². The van der Waals surface area contributed by atoms with Crippen molar-refractivity contribution in [3.63, 3.8) is 0 Å². The van der Waals surface area contributed by atoms with Crippen LogP contribution in [0.3, 0.4) is 0 Å². The summed E-state index contributed by atoms with van der Waals surface area (Å²) >= 11 is 0. The van der Waals surface area contributed by atoms with Crippen molar-refractivity contribution < 1.29 is 9.53 Å². The molecule has 0 aliphatic heterocycles. The number of aromatic nitrogens is 1. The number of rotatable bonds is 4. The Morgan fingerprint density at radius 3 is 2.87 bits per heavy atom. The molecule has 0 atom stereocenters. The van der Waals surface area contributed by atoms with Crippen molar-refractivity contribution in [2.75, 3.05) is 0 Å². The molecule has 15 heavy (non-hydrogen) atoms. The van der Waals surface area contributed by atoms with Gasteiger partial charge < -0.3 is 4.74 Å². The molecule has 1 rings (SSSR count). The average Bonchev–Trinajstić information content (AvgIpc) is 2.25. The Morgan fingerprint density at radius 1 is 1.47 bits per heavy atom. The number of carbonyl (C=O) groups is 1. The highest BCUT2D eigenvalue weighted by Crippen LogP contribution is 2.00. The van der Waals surface area contributed by atoms with E-state index in [1.54, 1.807) is 6.20 Å². The highest BCUT2D eigenvalue weighted by molar-refractivity contribution is 5.71. The van der Waals surface area contributed by atoms with Crippen molar-refractivity contribution >= 4 is 5.97 Å². The quantitative estimate of drug-likeness (QED) is 0.560. The molecule has 0 spiro atoms. The van der Waals surface area contributed by atoms with Gasteiger partial charge in [0.1, 0.15) is 6.61 Å². The molecular formula is C12H15NO2. The van der Waals surface area contributed by atoms with Crippen LogP contribution in [0.2, 0.25) is 0 Å². The van der Waals surface area contributed by atoms with Gasteiger partial charge in [-0.15, -0.1) is 0 Å². The molecule has 0 fully saturated rings. The molecular weight excluding hydrogens is 190 g/mol. The molecule has 0 radical (unpaired) electrons. The van der Waals surface area contributed by atoms with Crippen molar-refractivity contribution in [2.45, 2.75) is 26.9 Å². The monoisotopic (exact) mass is 205 g/mol. The fraction of sp³-hybridized carbons (Fsp3) is 0.333. The average molecular weight is 205 g/mol. The van der Waals surface area contributed by atoms with Gasteiger partial charge in [-0.25, -0.2) is 0 Å². The number of hydrogen-bond donors (Lipinski definition) is 0. The summed E-state index contributed by atoms with van der Waals surface area (Å²) in [4.78, 5) is 15.3. The summed E-state index contributed by atoms with van der Waals surface area (Å²) in [7, 11) is 0. The maximum absolute atomic E-state index is 11.2. The molecule has 0 saturated carbocycles. The molecule has 0 N–H and O–H groups in total. The molecule has 3 nitrogen and oxygen atoms in total. The van der Waals surface area contributed by atoms with Crippen LogP contribution < -0.4 is 0 Å². The van der Waals surface area contributed by atoms with Crippen molar-refractivity contribution in [2.24, 2.45) is 0 Å². The highest BCUT2D eigenvalue weighted by Gasteiger charge is 2.01. The van der Waals surface area contributed by atoms with Crippen LogP contribution in [0, 0.1) is 0 Å². The zero-order valence-electron chi connectivity index (χ0n) is 9.06. The molecule has 0 amide bonds. The van der Waals surface area contributed by atoms with Gasteiger partial charge in [0.05, 0.1) is 12.1 Å². The smallest absolute Gasteiger partial charge is 0.310 e. The van der Waals surface area contributed by atoms with Crippen LogP contribution in [0.4, 0.5) is 0 Å². The van der Waals surface area contributed by atoms with E-state index < -0.39 is 0 Å². The fourth-order valence-electron chi connectivity index (χ4n) is 0.984. The predicted molar refractivity (Wildman–Crippen MR) is 58.1 cm³/mol. The normalized spacial score (nSPS) is 9.47. The third-order valence-electron chi connectivity index (χ3n) is 1.78. The zero-order valence-corrected chi connectivity index (χ0v) is 9.06. The lowest BCUT2D eigenvalue weighted by atomic mass is 10.3. The van der Waals surface area contributed by atoms with Gasteiger partial charge in [0.15, 0.2) is 0 Å². The van der Waals surface area contributed by atoms with Crippen LogP contribution in [0.5, 0.6) is 0 Å². The molecule has 0 saturated heterocycles. The van der Waals surface area contributed by atoms with E-state index in [1.807, 2.05) is 38.1 Å². The van der Waals surface area contributed by atoms with E-state index in [0.717, 1.165) is 11.3 Å². The lowest BCUT2D eigenvalue weighted by Crippen LogP contribution is -2.04. The van der Waals surface area contributed by atoms with E-state index in [1.165, 1.54) is 0 Å². The van der Waals surface area contributed by atoms with E-state index in [9.17, 15) is 4.79 Å². The number of carbonyl (C=O) groups excluding carboxylic acids is 1. The lowest BCUT2D eigenvalue weighted by molar-refractivity contribution is -0.144. The van der Waals surface area contributed by atoms with Gasteiger partial charge in [-0.05, 0) is 26.0 Å². The first-order valence-corrected chi connectivity index (χ1v) is 4.87. The highest BCUT2D eigenvalue weighted by atomic mass is 16.5. The second-order valence-electron chi connectivity index (χ2n) is 3.47. The fourth-order valence-corrected chi connectivity index (χ4v) is 0.984. The number of pyridine rings is 1. The largest absolute Gasteiger partial charge is 0.459 e. The van der Waals surface area contributed by atoms with Gasteiger partial charge in [-0.1, -0.05) is 17.7 Å². The first-order valence-electron chi connectivity index (χ1n) is 4.87. The number of nitrogens with zero attached hydrogens (tertiary/aromatic N) is 1. The Kier molecular flexibility index (Phi) is 4.54. The number of esters is 1. The molecule has 1 aromatic rings. The topological polar surface area (TPSA) is 39.2 Å². The maximum Gasteiger partial charge on any atom is 0.310 e.